The molecule has 1 atom stereocenters. The largest absolute Gasteiger partial charge is 0.376 e. The van der Waals surface area contributed by atoms with Gasteiger partial charge in [0.25, 0.3) is 10.0 Å². The topological polar surface area (TPSA) is 55.8 Å². The summed E-state index contributed by atoms with van der Waals surface area (Å²) in [5, 5.41) is 0. The first-order valence-corrected chi connectivity index (χ1v) is 8.04. The summed E-state index contributed by atoms with van der Waals surface area (Å²) in [5.41, 5.74) is 0. The first-order valence-electron chi connectivity index (χ1n) is 5.41. The molecule has 0 N–H and O–H groups in total. The molecule has 1 aliphatic rings. The lowest BCUT2D eigenvalue weighted by molar-refractivity contribution is -0.0908. The second-order valence-corrected chi connectivity index (χ2v) is 7.90. The zero-order chi connectivity index (χ0) is 13.2. The van der Waals surface area contributed by atoms with Gasteiger partial charge in [0.05, 0.1) is 30.3 Å². The van der Waals surface area contributed by atoms with Crippen LogP contribution in [0.15, 0.2) is 16.3 Å². The van der Waals surface area contributed by atoms with Gasteiger partial charge in [-0.2, -0.15) is 4.31 Å². The van der Waals surface area contributed by atoms with Crippen LogP contribution in [0.2, 0.25) is 4.34 Å². The third-order valence-corrected chi connectivity index (χ3v) is 6.08. The maximum Gasteiger partial charge on any atom is 0.252 e. The molecule has 18 heavy (non-hydrogen) atoms. The van der Waals surface area contributed by atoms with E-state index < -0.39 is 10.0 Å². The van der Waals surface area contributed by atoms with Gasteiger partial charge in [0.1, 0.15) is 4.21 Å². The molecular formula is C10H14ClNO4S2. The molecule has 1 fully saturated rings. The van der Waals surface area contributed by atoms with Gasteiger partial charge in [-0.25, -0.2) is 8.42 Å². The number of sulfonamides is 1. The Morgan fingerprint density at radius 3 is 2.83 bits per heavy atom. The summed E-state index contributed by atoms with van der Waals surface area (Å²) < 4.78 is 37.0. The molecule has 0 bridgehead atoms. The van der Waals surface area contributed by atoms with Gasteiger partial charge in [0, 0.05) is 13.6 Å². The molecule has 8 heteroatoms. The highest BCUT2D eigenvalue weighted by Gasteiger charge is 2.26. The van der Waals surface area contributed by atoms with Crippen LogP contribution in [-0.2, 0) is 19.5 Å². The Hall–Kier alpha value is -0.180. The van der Waals surface area contributed by atoms with E-state index in [4.69, 9.17) is 21.1 Å². The van der Waals surface area contributed by atoms with Crippen molar-refractivity contribution in [2.24, 2.45) is 0 Å². The summed E-state index contributed by atoms with van der Waals surface area (Å²) in [6.45, 7) is 1.76. The lowest BCUT2D eigenvalue weighted by atomic mass is 10.3. The van der Waals surface area contributed by atoms with Crippen LogP contribution in [0.3, 0.4) is 0 Å². The molecule has 0 aliphatic carbocycles. The summed E-state index contributed by atoms with van der Waals surface area (Å²) in [4.78, 5) is 0. The molecule has 5 nitrogen and oxygen atoms in total. The Morgan fingerprint density at radius 1 is 1.50 bits per heavy atom. The van der Waals surface area contributed by atoms with Crippen molar-refractivity contribution in [3.63, 3.8) is 0 Å². The van der Waals surface area contributed by atoms with Crippen molar-refractivity contribution in [1.82, 2.24) is 4.31 Å². The molecular weight excluding hydrogens is 298 g/mol. The van der Waals surface area contributed by atoms with Crippen molar-refractivity contribution >= 4 is 33.0 Å². The minimum Gasteiger partial charge on any atom is -0.376 e. The van der Waals surface area contributed by atoms with E-state index >= 15 is 0 Å². The normalized spacial score (nSPS) is 21.4. The maximum absolute atomic E-state index is 12.2. The number of nitrogens with zero attached hydrogens (tertiary/aromatic N) is 1. The first-order chi connectivity index (χ1) is 8.50. The molecule has 0 radical (unpaired) electrons. The number of hydrogen-bond donors (Lipinski definition) is 0. The van der Waals surface area contributed by atoms with Crippen LogP contribution < -0.4 is 0 Å². The Balaban J connectivity index is 2.05. The predicted molar refractivity (Wildman–Crippen MR) is 69.7 cm³/mol. The average molecular weight is 312 g/mol. The van der Waals surface area contributed by atoms with Crippen molar-refractivity contribution in [1.29, 1.82) is 0 Å². The third-order valence-electron chi connectivity index (χ3n) is 2.56. The van der Waals surface area contributed by atoms with Crippen molar-refractivity contribution in [2.75, 3.05) is 33.4 Å². The summed E-state index contributed by atoms with van der Waals surface area (Å²) in [7, 11) is -1.96. The molecule has 0 saturated carbocycles. The van der Waals surface area contributed by atoms with Crippen LogP contribution in [0.1, 0.15) is 0 Å². The smallest absolute Gasteiger partial charge is 0.252 e. The van der Waals surface area contributed by atoms with Gasteiger partial charge in [-0.05, 0) is 12.1 Å². The van der Waals surface area contributed by atoms with Gasteiger partial charge in [0.2, 0.25) is 0 Å². The van der Waals surface area contributed by atoms with E-state index in [-0.39, 0.29) is 16.9 Å². The fraction of sp³-hybridized carbons (Fsp3) is 0.600. The van der Waals surface area contributed by atoms with E-state index in [1.807, 2.05) is 0 Å². The lowest BCUT2D eigenvalue weighted by Crippen LogP contribution is -2.40. The van der Waals surface area contributed by atoms with E-state index in [1.54, 1.807) is 6.07 Å². The second-order valence-electron chi connectivity index (χ2n) is 3.91. The van der Waals surface area contributed by atoms with Crippen molar-refractivity contribution in [2.45, 2.75) is 10.3 Å². The highest BCUT2D eigenvalue weighted by atomic mass is 35.5. The number of rotatable bonds is 4. The van der Waals surface area contributed by atoms with Gasteiger partial charge in [-0.15, -0.1) is 11.3 Å². The SMILES string of the molecule is CN(C[C@@H]1COCCO1)S(=O)(=O)c1ccc(Cl)s1. The molecule has 102 valence electrons. The van der Waals surface area contributed by atoms with Gasteiger partial charge >= 0.3 is 0 Å². The fourth-order valence-electron chi connectivity index (χ4n) is 1.62. The highest BCUT2D eigenvalue weighted by Crippen LogP contribution is 2.27. The molecule has 1 aromatic heterocycles. The van der Waals surface area contributed by atoms with Crippen LogP contribution in [0, 0.1) is 0 Å². The monoisotopic (exact) mass is 311 g/mol. The van der Waals surface area contributed by atoms with Crippen molar-refractivity contribution in [3.8, 4) is 0 Å². The zero-order valence-electron chi connectivity index (χ0n) is 9.84. The van der Waals surface area contributed by atoms with Gasteiger partial charge in [0.15, 0.2) is 0 Å². The molecule has 1 aromatic rings. The molecule has 0 unspecified atom stereocenters. The third kappa shape index (κ3) is 3.23. The zero-order valence-corrected chi connectivity index (χ0v) is 12.2. The molecule has 1 saturated heterocycles. The quantitative estimate of drug-likeness (QED) is 0.844. The Morgan fingerprint density at radius 2 is 2.28 bits per heavy atom. The van der Waals surface area contributed by atoms with Crippen LogP contribution in [0.25, 0.3) is 0 Å². The number of likely N-dealkylation sites (N-methyl/N-ethyl adjacent to an activating group) is 1. The summed E-state index contributed by atoms with van der Waals surface area (Å²) >= 11 is 6.80. The van der Waals surface area contributed by atoms with Gasteiger partial charge in [-0.3, -0.25) is 0 Å². The summed E-state index contributed by atoms with van der Waals surface area (Å²) in [6, 6.07) is 3.09. The van der Waals surface area contributed by atoms with Gasteiger partial charge in [-0.1, -0.05) is 11.6 Å². The number of thiophene rings is 1. The van der Waals surface area contributed by atoms with E-state index in [2.05, 4.69) is 0 Å². The van der Waals surface area contributed by atoms with Crippen molar-refractivity contribution in [3.05, 3.63) is 16.5 Å². The maximum atomic E-state index is 12.2. The van der Waals surface area contributed by atoms with E-state index in [9.17, 15) is 8.42 Å². The van der Waals surface area contributed by atoms with Crippen LogP contribution >= 0.6 is 22.9 Å². The van der Waals surface area contributed by atoms with E-state index in [1.165, 1.54) is 17.4 Å². The molecule has 0 amide bonds. The van der Waals surface area contributed by atoms with Crippen LogP contribution in [-0.4, -0.2) is 52.2 Å². The summed E-state index contributed by atoms with van der Waals surface area (Å²) in [6.07, 6.45) is -0.214. The minimum atomic E-state index is -3.49. The average Bonchev–Trinajstić information content (AvgIpc) is 2.78. The Bertz CT molecular complexity index is 496. The molecule has 1 aliphatic heterocycles. The van der Waals surface area contributed by atoms with Crippen molar-refractivity contribution < 1.29 is 17.9 Å². The number of halogens is 1. The number of ether oxygens (including phenoxy) is 2. The summed E-state index contributed by atoms with van der Waals surface area (Å²) in [5.74, 6) is 0. The van der Waals surface area contributed by atoms with Crippen LogP contribution in [0.5, 0.6) is 0 Å². The number of hydrogen-bond acceptors (Lipinski definition) is 5. The minimum absolute atomic E-state index is 0.214. The highest BCUT2D eigenvalue weighted by molar-refractivity contribution is 7.91. The molecule has 0 aromatic carbocycles. The first kappa shape index (κ1) is 14.2. The van der Waals surface area contributed by atoms with Crippen LogP contribution in [0.4, 0.5) is 0 Å². The molecule has 2 heterocycles. The molecule has 2 rings (SSSR count). The fourth-order valence-corrected chi connectivity index (χ4v) is 4.51. The van der Waals surface area contributed by atoms with E-state index in [0.29, 0.717) is 24.2 Å². The lowest BCUT2D eigenvalue weighted by Gasteiger charge is -2.26. The predicted octanol–water partition coefficient (Wildman–Crippen LogP) is 1.44. The Kier molecular flexibility index (Phi) is 4.63. The second kappa shape index (κ2) is 5.85. The van der Waals surface area contributed by atoms with E-state index in [0.717, 1.165) is 11.3 Å². The van der Waals surface area contributed by atoms with Gasteiger partial charge < -0.3 is 9.47 Å². The molecule has 0 spiro atoms. The standard InChI is InChI=1S/C10H14ClNO4S2/c1-12(6-8-7-15-4-5-16-8)18(13,14)10-3-2-9(11)17-10/h2-3,8H,4-7H2,1H3/t8-/m1/s1. The Labute approximate surface area is 115 Å².